The Morgan fingerprint density at radius 2 is 2.19 bits per heavy atom. The van der Waals surface area contributed by atoms with Crippen molar-refractivity contribution in [1.82, 2.24) is 5.32 Å². The molecule has 1 aromatic carbocycles. The highest BCUT2D eigenvalue weighted by atomic mass is 79.9. The number of rotatable bonds is 4. The van der Waals surface area contributed by atoms with Crippen molar-refractivity contribution in [3.63, 3.8) is 0 Å². The molecular weight excluding hydrogens is 357 g/mol. The fourth-order valence-electron chi connectivity index (χ4n) is 1.11. The predicted molar refractivity (Wildman–Crippen MR) is 74.1 cm³/mol. The molecule has 1 N–H and O–H groups in total. The zero-order chi connectivity index (χ0) is 12.1. The molecule has 0 heterocycles. The van der Waals surface area contributed by atoms with Crippen molar-refractivity contribution >= 4 is 49.4 Å². The first-order chi connectivity index (χ1) is 7.54. The quantitative estimate of drug-likeness (QED) is 0.800. The number of halogens is 3. The molecule has 1 atom stereocenters. The SMILES string of the molecule is CCC(Cl)CNC(=O)c1cc(Br)ccc1Br. The van der Waals surface area contributed by atoms with Crippen LogP contribution in [0.25, 0.3) is 0 Å². The molecule has 0 saturated heterocycles. The van der Waals surface area contributed by atoms with Crippen molar-refractivity contribution < 1.29 is 4.79 Å². The second-order valence-corrected chi connectivity index (χ2v) is 5.73. The Morgan fingerprint density at radius 3 is 2.81 bits per heavy atom. The van der Waals surface area contributed by atoms with Crippen LogP contribution in [-0.2, 0) is 0 Å². The van der Waals surface area contributed by atoms with E-state index in [2.05, 4.69) is 37.2 Å². The third-order valence-electron chi connectivity index (χ3n) is 2.10. The van der Waals surface area contributed by atoms with E-state index in [1.807, 2.05) is 19.1 Å². The maximum atomic E-state index is 11.8. The van der Waals surface area contributed by atoms with Crippen molar-refractivity contribution in [2.75, 3.05) is 6.54 Å². The molecule has 0 bridgehead atoms. The van der Waals surface area contributed by atoms with Gasteiger partial charge in [0, 0.05) is 15.5 Å². The van der Waals surface area contributed by atoms with Gasteiger partial charge in [0.15, 0.2) is 0 Å². The van der Waals surface area contributed by atoms with Crippen molar-refractivity contribution in [3.05, 3.63) is 32.7 Å². The molecule has 0 spiro atoms. The molecule has 0 aliphatic rings. The zero-order valence-electron chi connectivity index (χ0n) is 8.77. The minimum absolute atomic E-state index is 0.0186. The molecule has 1 amide bonds. The van der Waals surface area contributed by atoms with Crippen molar-refractivity contribution in [1.29, 1.82) is 0 Å². The molecule has 0 radical (unpaired) electrons. The van der Waals surface area contributed by atoms with Crippen LogP contribution in [0.5, 0.6) is 0 Å². The van der Waals surface area contributed by atoms with Crippen LogP contribution in [0.4, 0.5) is 0 Å². The van der Waals surface area contributed by atoms with E-state index in [0.29, 0.717) is 12.1 Å². The molecule has 0 aliphatic carbocycles. The molecule has 1 rings (SSSR count). The van der Waals surface area contributed by atoms with E-state index in [0.717, 1.165) is 15.4 Å². The van der Waals surface area contributed by atoms with E-state index in [-0.39, 0.29) is 11.3 Å². The van der Waals surface area contributed by atoms with Gasteiger partial charge in [-0.1, -0.05) is 22.9 Å². The van der Waals surface area contributed by atoms with Crippen LogP contribution < -0.4 is 5.32 Å². The Morgan fingerprint density at radius 1 is 1.50 bits per heavy atom. The summed E-state index contributed by atoms with van der Waals surface area (Å²) in [6, 6.07) is 5.48. The van der Waals surface area contributed by atoms with Gasteiger partial charge in [0.05, 0.1) is 10.9 Å². The Hall–Kier alpha value is -0.0600. The lowest BCUT2D eigenvalue weighted by Gasteiger charge is -2.09. The molecule has 5 heteroatoms. The number of benzene rings is 1. The zero-order valence-corrected chi connectivity index (χ0v) is 12.7. The smallest absolute Gasteiger partial charge is 0.252 e. The van der Waals surface area contributed by atoms with Crippen molar-refractivity contribution in [3.8, 4) is 0 Å². The Kier molecular flexibility index (Phi) is 5.79. The van der Waals surface area contributed by atoms with Crippen molar-refractivity contribution in [2.45, 2.75) is 18.7 Å². The van der Waals surface area contributed by atoms with Crippen LogP contribution in [0, 0.1) is 0 Å². The Labute approximate surface area is 117 Å². The average molecular weight is 369 g/mol. The molecule has 0 fully saturated rings. The minimum atomic E-state index is -0.118. The average Bonchev–Trinajstić information content (AvgIpc) is 2.28. The summed E-state index contributed by atoms with van der Waals surface area (Å²) in [6.45, 7) is 2.47. The number of carbonyl (C=O) groups is 1. The second-order valence-electron chi connectivity index (χ2n) is 3.34. The van der Waals surface area contributed by atoms with Gasteiger partial charge in [0.1, 0.15) is 0 Å². The van der Waals surface area contributed by atoms with E-state index < -0.39 is 0 Å². The van der Waals surface area contributed by atoms with Crippen molar-refractivity contribution in [2.24, 2.45) is 0 Å². The number of hydrogen-bond acceptors (Lipinski definition) is 1. The molecule has 0 saturated carbocycles. The molecule has 0 aliphatic heterocycles. The van der Waals surface area contributed by atoms with Gasteiger partial charge in [0.25, 0.3) is 5.91 Å². The molecule has 88 valence electrons. The summed E-state index contributed by atoms with van der Waals surface area (Å²) in [6.07, 6.45) is 0.835. The van der Waals surface area contributed by atoms with Crippen LogP contribution in [0.1, 0.15) is 23.7 Å². The normalized spacial score (nSPS) is 12.2. The molecule has 16 heavy (non-hydrogen) atoms. The summed E-state index contributed by atoms with van der Waals surface area (Å²) >= 11 is 12.6. The van der Waals surface area contributed by atoms with Gasteiger partial charge in [-0.2, -0.15) is 0 Å². The summed E-state index contributed by atoms with van der Waals surface area (Å²) in [5.41, 5.74) is 0.606. The standard InChI is InChI=1S/C11H12Br2ClNO/c1-2-8(14)6-15-11(16)9-5-7(12)3-4-10(9)13/h3-5,8H,2,6H2,1H3,(H,15,16). The minimum Gasteiger partial charge on any atom is -0.351 e. The van der Waals surface area contributed by atoms with E-state index in [1.54, 1.807) is 6.07 Å². The molecular formula is C11H12Br2ClNO. The van der Waals surface area contributed by atoms with Gasteiger partial charge in [0.2, 0.25) is 0 Å². The lowest BCUT2D eigenvalue weighted by atomic mass is 10.2. The van der Waals surface area contributed by atoms with Gasteiger partial charge in [-0.15, -0.1) is 11.6 Å². The summed E-state index contributed by atoms with van der Waals surface area (Å²) in [4.78, 5) is 11.8. The number of hydrogen-bond donors (Lipinski definition) is 1. The first kappa shape index (κ1) is 14.0. The fourth-order valence-corrected chi connectivity index (χ4v) is 1.98. The highest BCUT2D eigenvalue weighted by Gasteiger charge is 2.11. The van der Waals surface area contributed by atoms with Gasteiger partial charge < -0.3 is 5.32 Å². The second kappa shape index (κ2) is 6.62. The number of carbonyl (C=O) groups excluding carboxylic acids is 1. The molecule has 2 nitrogen and oxygen atoms in total. The highest BCUT2D eigenvalue weighted by Crippen LogP contribution is 2.21. The lowest BCUT2D eigenvalue weighted by Crippen LogP contribution is -2.29. The van der Waals surface area contributed by atoms with E-state index in [9.17, 15) is 4.79 Å². The van der Waals surface area contributed by atoms with Gasteiger partial charge in [-0.3, -0.25) is 4.79 Å². The van der Waals surface area contributed by atoms with E-state index in [1.165, 1.54) is 0 Å². The summed E-state index contributed by atoms with van der Waals surface area (Å²) in [7, 11) is 0. The Bertz CT molecular complexity index is 384. The molecule has 1 aromatic rings. The summed E-state index contributed by atoms with van der Waals surface area (Å²) in [5, 5.41) is 2.78. The maximum Gasteiger partial charge on any atom is 0.252 e. The fraction of sp³-hybridized carbons (Fsp3) is 0.364. The topological polar surface area (TPSA) is 29.1 Å². The van der Waals surface area contributed by atoms with Crippen LogP contribution in [0.3, 0.4) is 0 Å². The Balaban J connectivity index is 2.69. The molecule has 1 unspecified atom stereocenters. The summed E-state index contributed by atoms with van der Waals surface area (Å²) in [5.74, 6) is -0.118. The number of amides is 1. The van der Waals surface area contributed by atoms with Gasteiger partial charge in [-0.05, 0) is 40.5 Å². The third-order valence-corrected chi connectivity index (χ3v) is 3.75. The molecule has 0 aromatic heterocycles. The van der Waals surface area contributed by atoms with E-state index in [4.69, 9.17) is 11.6 Å². The maximum absolute atomic E-state index is 11.8. The first-order valence-corrected chi connectivity index (χ1v) is 6.94. The third kappa shape index (κ3) is 4.07. The van der Waals surface area contributed by atoms with Crippen LogP contribution in [-0.4, -0.2) is 17.8 Å². The predicted octanol–water partition coefficient (Wildman–Crippen LogP) is 3.96. The van der Waals surface area contributed by atoms with Gasteiger partial charge in [-0.25, -0.2) is 0 Å². The van der Waals surface area contributed by atoms with Gasteiger partial charge >= 0.3 is 0 Å². The monoisotopic (exact) mass is 367 g/mol. The number of nitrogens with one attached hydrogen (secondary N) is 1. The number of alkyl halides is 1. The lowest BCUT2D eigenvalue weighted by molar-refractivity contribution is 0.0952. The van der Waals surface area contributed by atoms with Crippen LogP contribution >= 0.6 is 43.5 Å². The van der Waals surface area contributed by atoms with Crippen LogP contribution in [0.2, 0.25) is 0 Å². The van der Waals surface area contributed by atoms with Crippen LogP contribution in [0.15, 0.2) is 27.1 Å². The highest BCUT2D eigenvalue weighted by molar-refractivity contribution is 9.11. The summed E-state index contributed by atoms with van der Waals surface area (Å²) < 4.78 is 1.65. The largest absolute Gasteiger partial charge is 0.351 e. The first-order valence-electron chi connectivity index (χ1n) is 4.92. The van der Waals surface area contributed by atoms with E-state index >= 15 is 0 Å².